The smallest absolute Gasteiger partial charge is 0.326 e. The highest BCUT2D eigenvalue weighted by molar-refractivity contribution is 5.96. The number of carbonyl (C=O) groups excluding carboxylic acids is 1. The molecule has 0 spiro atoms. The summed E-state index contributed by atoms with van der Waals surface area (Å²) in [6.45, 7) is 0. The number of pyridine rings is 1. The molecule has 12 heteroatoms. The van der Waals surface area contributed by atoms with Gasteiger partial charge in [0.05, 0.1) is 5.39 Å². The van der Waals surface area contributed by atoms with Crippen LogP contribution in [0.15, 0.2) is 35.1 Å². The highest BCUT2D eigenvalue weighted by Gasteiger charge is 2.21. The molecule has 1 atom stereocenters. The molecule has 0 saturated heterocycles. The molecular formula is C21H22N6O6. The third-order valence-corrected chi connectivity index (χ3v) is 4.97. The van der Waals surface area contributed by atoms with Crippen LogP contribution in [0.4, 0.5) is 11.8 Å². The van der Waals surface area contributed by atoms with Crippen LogP contribution in [0.5, 0.6) is 0 Å². The van der Waals surface area contributed by atoms with E-state index < -0.39 is 23.9 Å². The molecule has 1 aromatic carbocycles. The zero-order valence-electron chi connectivity index (χ0n) is 17.4. The van der Waals surface area contributed by atoms with E-state index in [1.54, 1.807) is 12.1 Å². The molecule has 2 heterocycles. The van der Waals surface area contributed by atoms with Crippen LogP contribution in [-0.2, 0) is 22.4 Å². The molecule has 3 aromatic rings. The van der Waals surface area contributed by atoms with Gasteiger partial charge in [0.25, 0.3) is 5.91 Å². The van der Waals surface area contributed by atoms with Crippen molar-refractivity contribution in [3.63, 3.8) is 0 Å². The van der Waals surface area contributed by atoms with Crippen LogP contribution in [-0.4, -0.2) is 49.1 Å². The van der Waals surface area contributed by atoms with Gasteiger partial charge < -0.3 is 32.0 Å². The molecule has 0 fully saturated rings. The van der Waals surface area contributed by atoms with Gasteiger partial charge in [0.15, 0.2) is 0 Å². The number of nitrogens with zero attached hydrogens (tertiary/aromatic N) is 2. The molecule has 2 aromatic heterocycles. The van der Waals surface area contributed by atoms with Gasteiger partial charge in [-0.3, -0.25) is 14.4 Å². The van der Waals surface area contributed by atoms with Gasteiger partial charge in [-0.25, -0.2) is 4.79 Å². The lowest BCUT2D eigenvalue weighted by Crippen LogP contribution is -2.41. The molecule has 3 rings (SSSR count). The highest BCUT2D eigenvalue weighted by Crippen LogP contribution is 2.21. The molecule has 0 aliphatic heterocycles. The molecule has 12 nitrogen and oxygen atoms in total. The Hall–Kier alpha value is -4.48. The standard InChI is InChI=1S/C21H22N6O6/c22-17-16-12(9-14(28)25-18(16)27-21(23)26-17)6-3-10-1-4-11(5-2-10)19(31)24-13(20(32)33)7-8-15(29)30/h1-2,4-5,9,13H,3,6-8H2,(H,24,31)(H,29,30)(H,32,33)(H5,22,23,25,26,27,28)/t13-/m0/s1. The maximum absolute atomic E-state index is 12.3. The Bertz CT molecular complexity index is 1270. The third-order valence-electron chi connectivity index (χ3n) is 4.97. The molecule has 0 aliphatic rings. The van der Waals surface area contributed by atoms with E-state index in [4.69, 9.17) is 16.6 Å². The van der Waals surface area contributed by atoms with Gasteiger partial charge in [-0.15, -0.1) is 0 Å². The first-order chi connectivity index (χ1) is 15.6. The van der Waals surface area contributed by atoms with E-state index in [-0.39, 0.29) is 41.4 Å². The van der Waals surface area contributed by atoms with Crippen LogP contribution in [0.2, 0.25) is 0 Å². The Morgan fingerprint density at radius 1 is 1.06 bits per heavy atom. The minimum atomic E-state index is -1.31. The topological polar surface area (TPSA) is 214 Å². The molecule has 0 saturated carbocycles. The van der Waals surface area contributed by atoms with Gasteiger partial charge >= 0.3 is 11.9 Å². The average Bonchev–Trinajstić information content (AvgIpc) is 2.74. The zero-order valence-corrected chi connectivity index (χ0v) is 17.4. The third kappa shape index (κ3) is 5.81. The van der Waals surface area contributed by atoms with E-state index in [9.17, 15) is 24.3 Å². The quantitative estimate of drug-likeness (QED) is 0.260. The predicted molar refractivity (Wildman–Crippen MR) is 119 cm³/mol. The van der Waals surface area contributed by atoms with E-state index in [1.165, 1.54) is 18.2 Å². The van der Waals surface area contributed by atoms with Crippen LogP contribution < -0.4 is 22.3 Å². The number of nitrogen functional groups attached to an aromatic ring is 2. The van der Waals surface area contributed by atoms with Crippen LogP contribution >= 0.6 is 0 Å². The number of carboxylic acids is 2. The van der Waals surface area contributed by atoms with E-state index >= 15 is 0 Å². The number of nitrogens with one attached hydrogen (secondary N) is 2. The molecule has 0 aliphatic carbocycles. The second-order valence-electron chi connectivity index (χ2n) is 7.34. The number of carbonyl (C=O) groups is 3. The van der Waals surface area contributed by atoms with Crippen molar-refractivity contribution in [2.24, 2.45) is 0 Å². The average molecular weight is 454 g/mol. The Morgan fingerprint density at radius 3 is 2.39 bits per heavy atom. The van der Waals surface area contributed by atoms with Crippen molar-refractivity contribution in [2.75, 3.05) is 11.5 Å². The normalized spacial score (nSPS) is 11.8. The number of carboxylic acid groups (broad SMARTS) is 2. The minimum absolute atomic E-state index is 0.0465. The van der Waals surface area contributed by atoms with E-state index in [0.29, 0.717) is 23.8 Å². The minimum Gasteiger partial charge on any atom is -0.481 e. The summed E-state index contributed by atoms with van der Waals surface area (Å²) in [7, 11) is 0. The van der Waals surface area contributed by atoms with Gasteiger partial charge in [-0.05, 0) is 42.5 Å². The first kappa shape index (κ1) is 23.2. The molecular weight excluding hydrogens is 432 g/mol. The summed E-state index contributed by atoms with van der Waals surface area (Å²) < 4.78 is 0. The van der Waals surface area contributed by atoms with Crippen molar-refractivity contribution in [3.05, 3.63) is 57.4 Å². The maximum Gasteiger partial charge on any atom is 0.326 e. The van der Waals surface area contributed by atoms with E-state index in [1.807, 2.05) is 0 Å². The maximum atomic E-state index is 12.3. The van der Waals surface area contributed by atoms with Crippen LogP contribution in [0.3, 0.4) is 0 Å². The lowest BCUT2D eigenvalue weighted by Gasteiger charge is -2.14. The monoisotopic (exact) mass is 454 g/mol. The summed E-state index contributed by atoms with van der Waals surface area (Å²) in [6, 6.07) is 6.59. The second-order valence-corrected chi connectivity index (χ2v) is 7.34. The Balaban J connectivity index is 1.70. The number of aromatic amines is 1. The van der Waals surface area contributed by atoms with Gasteiger partial charge in [0.2, 0.25) is 11.5 Å². The molecule has 0 unspecified atom stereocenters. The number of hydrogen-bond donors (Lipinski definition) is 6. The predicted octanol–water partition coefficient (Wildman–Crippen LogP) is 0.316. The molecule has 0 bridgehead atoms. The molecule has 33 heavy (non-hydrogen) atoms. The first-order valence-corrected chi connectivity index (χ1v) is 9.93. The summed E-state index contributed by atoms with van der Waals surface area (Å²) in [4.78, 5) is 56.8. The first-order valence-electron chi connectivity index (χ1n) is 9.93. The summed E-state index contributed by atoms with van der Waals surface area (Å²) in [6.07, 6.45) is 0.354. The second kappa shape index (κ2) is 9.77. The van der Waals surface area contributed by atoms with Crippen molar-refractivity contribution < 1.29 is 24.6 Å². The number of rotatable bonds is 9. The highest BCUT2D eigenvalue weighted by atomic mass is 16.4. The number of fused-ring (bicyclic) bond motifs is 1. The van der Waals surface area contributed by atoms with Gasteiger partial charge in [0, 0.05) is 18.1 Å². The number of aliphatic carboxylic acids is 2. The number of benzene rings is 1. The van der Waals surface area contributed by atoms with Crippen LogP contribution in [0.25, 0.3) is 11.0 Å². The SMILES string of the molecule is Nc1nc(N)c2c(CCc3ccc(C(=O)N[C@@H](CCC(=O)O)C(=O)O)cc3)cc(=O)[nH]c2n1. The van der Waals surface area contributed by atoms with Gasteiger partial charge in [0.1, 0.15) is 17.5 Å². The number of aryl methyl sites for hydroxylation is 2. The molecule has 8 N–H and O–H groups in total. The summed E-state index contributed by atoms with van der Waals surface area (Å²) in [5, 5.41) is 20.7. The fourth-order valence-electron chi connectivity index (χ4n) is 3.35. The largest absolute Gasteiger partial charge is 0.481 e. The van der Waals surface area contributed by atoms with Crippen LogP contribution in [0, 0.1) is 0 Å². The van der Waals surface area contributed by atoms with Crippen molar-refractivity contribution >= 4 is 40.6 Å². The van der Waals surface area contributed by atoms with Crippen LogP contribution in [0.1, 0.15) is 34.3 Å². The lowest BCUT2D eigenvalue weighted by atomic mass is 10.0. The van der Waals surface area contributed by atoms with Crippen molar-refractivity contribution in [3.8, 4) is 0 Å². The number of nitrogens with two attached hydrogens (primary N) is 2. The van der Waals surface area contributed by atoms with Crippen molar-refractivity contribution in [1.29, 1.82) is 0 Å². The van der Waals surface area contributed by atoms with Crippen molar-refractivity contribution in [1.82, 2.24) is 20.3 Å². The fraction of sp³-hybridized carbons (Fsp3) is 0.238. The Kier molecular flexibility index (Phi) is 6.86. The number of amides is 1. The molecule has 1 amide bonds. The molecule has 0 radical (unpaired) electrons. The van der Waals surface area contributed by atoms with E-state index in [0.717, 1.165) is 5.56 Å². The van der Waals surface area contributed by atoms with Crippen molar-refractivity contribution in [2.45, 2.75) is 31.7 Å². The van der Waals surface area contributed by atoms with Gasteiger partial charge in [-0.2, -0.15) is 9.97 Å². The van der Waals surface area contributed by atoms with Gasteiger partial charge in [-0.1, -0.05) is 12.1 Å². The summed E-state index contributed by atoms with van der Waals surface area (Å²) >= 11 is 0. The number of anilines is 2. The fourth-order valence-corrected chi connectivity index (χ4v) is 3.35. The number of hydrogen-bond acceptors (Lipinski definition) is 8. The zero-order chi connectivity index (χ0) is 24.1. The summed E-state index contributed by atoms with van der Waals surface area (Å²) in [5.41, 5.74) is 13.2. The Labute approximate surface area is 186 Å². The Morgan fingerprint density at radius 2 is 1.76 bits per heavy atom. The number of aromatic nitrogens is 3. The molecule has 172 valence electrons. The lowest BCUT2D eigenvalue weighted by molar-refractivity contribution is -0.140. The number of H-pyrrole nitrogens is 1. The summed E-state index contributed by atoms with van der Waals surface area (Å²) in [5.74, 6) is -2.97. The van der Waals surface area contributed by atoms with E-state index in [2.05, 4.69) is 20.3 Å².